The third-order valence-corrected chi connectivity index (χ3v) is 6.00. The molecule has 1 aliphatic heterocycles. The molecule has 10 nitrogen and oxygen atoms in total. The van der Waals surface area contributed by atoms with Crippen molar-refractivity contribution in [1.82, 2.24) is 9.97 Å². The number of halogens is 1. The van der Waals surface area contributed by atoms with Gasteiger partial charge in [0.25, 0.3) is 0 Å². The van der Waals surface area contributed by atoms with Gasteiger partial charge in [-0.1, -0.05) is 0 Å². The van der Waals surface area contributed by atoms with Crippen molar-refractivity contribution in [3.8, 4) is 11.5 Å². The molecule has 3 N–H and O–H groups in total. The Balaban J connectivity index is 1.76. The van der Waals surface area contributed by atoms with Gasteiger partial charge >= 0.3 is 12.0 Å². The molecule has 32 heavy (non-hydrogen) atoms. The Labute approximate surface area is 183 Å². The summed E-state index contributed by atoms with van der Waals surface area (Å²) in [6, 6.07) is 1.67. The number of hydrogen-bond donors (Lipinski definition) is 3. The Bertz CT molecular complexity index is 1060. The van der Waals surface area contributed by atoms with Gasteiger partial charge < -0.3 is 20.3 Å². The topological polar surface area (TPSA) is 128 Å². The van der Waals surface area contributed by atoms with Gasteiger partial charge in [0, 0.05) is 37.0 Å². The first kappa shape index (κ1) is 21.6. The number of aromatic hydroxyl groups is 1. The first-order chi connectivity index (χ1) is 15.3. The molecule has 1 aliphatic carbocycles. The molecule has 2 aliphatic rings. The molecule has 170 valence electrons. The van der Waals surface area contributed by atoms with E-state index in [9.17, 15) is 24.2 Å². The Hall–Kier alpha value is -3.63. The van der Waals surface area contributed by atoms with Crippen molar-refractivity contribution in [2.75, 3.05) is 29.3 Å². The summed E-state index contributed by atoms with van der Waals surface area (Å²) in [6.07, 6.45) is 3.37. The lowest BCUT2D eigenvalue weighted by atomic mass is 9.85. The number of carbonyl (C=O) groups excluding carboxylic acids is 1. The van der Waals surface area contributed by atoms with Crippen molar-refractivity contribution in [3.63, 3.8) is 0 Å². The highest BCUT2D eigenvalue weighted by molar-refractivity contribution is 6.06. The number of phenols is 1. The average molecular weight is 445 g/mol. The van der Waals surface area contributed by atoms with E-state index in [2.05, 4.69) is 15.3 Å². The minimum absolute atomic E-state index is 0.00264. The van der Waals surface area contributed by atoms with Crippen LogP contribution >= 0.6 is 0 Å². The van der Waals surface area contributed by atoms with Crippen LogP contribution in [0.3, 0.4) is 0 Å². The van der Waals surface area contributed by atoms with E-state index in [1.54, 1.807) is 13.2 Å². The molecule has 0 spiro atoms. The number of methoxy groups -OCH3 is 1. The van der Waals surface area contributed by atoms with Crippen LogP contribution < -0.4 is 19.9 Å². The standard InChI is InChI=1S/C21H24FN5O5/c1-23-20-24-9-12-10-26(15-7-14(32-2)8-16(28)17(15)22)21(31)27(18(12)25-20)13-5-3-11(4-6-13)19(29)30/h7-9,11,13,28H,3-6,10H2,1-2H3,(H,29,30)(H,23,24,25). The van der Waals surface area contributed by atoms with Crippen molar-refractivity contribution < 1.29 is 28.9 Å². The van der Waals surface area contributed by atoms with E-state index in [1.807, 2.05) is 0 Å². The molecule has 1 saturated carbocycles. The molecule has 1 aromatic carbocycles. The molecule has 11 heteroatoms. The average Bonchev–Trinajstić information content (AvgIpc) is 2.80. The third kappa shape index (κ3) is 3.74. The van der Waals surface area contributed by atoms with Crippen LogP contribution in [0.5, 0.6) is 11.5 Å². The molecule has 1 fully saturated rings. The second-order valence-electron chi connectivity index (χ2n) is 7.85. The number of carboxylic acids is 1. The number of aromatic nitrogens is 2. The normalized spacial score (nSPS) is 20.7. The first-order valence-electron chi connectivity index (χ1n) is 10.3. The number of amides is 2. The Morgan fingerprint density at radius 1 is 1.28 bits per heavy atom. The van der Waals surface area contributed by atoms with E-state index < -0.39 is 29.5 Å². The number of nitrogens with one attached hydrogen (secondary N) is 1. The molecular weight excluding hydrogens is 421 g/mol. The van der Waals surface area contributed by atoms with Crippen molar-refractivity contribution >= 4 is 29.5 Å². The van der Waals surface area contributed by atoms with E-state index >= 15 is 0 Å². The third-order valence-electron chi connectivity index (χ3n) is 6.00. The highest BCUT2D eigenvalue weighted by Gasteiger charge is 2.40. The number of aliphatic carboxylic acids is 1. The number of fused-ring (bicyclic) bond motifs is 1. The van der Waals surface area contributed by atoms with Crippen LogP contribution in [0, 0.1) is 11.7 Å². The zero-order valence-electron chi connectivity index (χ0n) is 17.7. The van der Waals surface area contributed by atoms with Crippen LogP contribution in [0.1, 0.15) is 31.2 Å². The lowest BCUT2D eigenvalue weighted by Gasteiger charge is -2.42. The molecule has 0 radical (unpaired) electrons. The van der Waals surface area contributed by atoms with Crippen molar-refractivity contribution in [2.24, 2.45) is 5.92 Å². The zero-order chi connectivity index (χ0) is 23.0. The second-order valence-corrected chi connectivity index (χ2v) is 7.85. The van der Waals surface area contributed by atoms with Crippen molar-refractivity contribution in [2.45, 2.75) is 38.3 Å². The first-order valence-corrected chi connectivity index (χ1v) is 10.3. The number of carbonyl (C=O) groups is 2. The molecule has 0 saturated heterocycles. The van der Waals surface area contributed by atoms with Crippen LogP contribution in [0.2, 0.25) is 0 Å². The predicted octanol–water partition coefficient (Wildman–Crippen LogP) is 2.96. The fourth-order valence-electron chi connectivity index (χ4n) is 4.28. The van der Waals surface area contributed by atoms with Gasteiger partial charge in [0.1, 0.15) is 11.6 Å². The van der Waals surface area contributed by atoms with E-state index in [1.165, 1.54) is 23.0 Å². The van der Waals surface area contributed by atoms with Gasteiger partial charge in [-0.15, -0.1) is 0 Å². The number of nitrogens with zero attached hydrogens (tertiary/aromatic N) is 4. The van der Waals surface area contributed by atoms with Gasteiger partial charge in [-0.3, -0.25) is 14.6 Å². The minimum Gasteiger partial charge on any atom is -0.505 e. The van der Waals surface area contributed by atoms with Gasteiger partial charge in [-0.05, 0) is 25.7 Å². The molecule has 1 aromatic heterocycles. The second kappa shape index (κ2) is 8.48. The Morgan fingerprint density at radius 3 is 2.62 bits per heavy atom. The molecule has 2 heterocycles. The largest absolute Gasteiger partial charge is 0.505 e. The number of urea groups is 1. The monoisotopic (exact) mass is 445 g/mol. The number of anilines is 3. The molecule has 0 atom stereocenters. The summed E-state index contributed by atoms with van der Waals surface area (Å²) in [4.78, 5) is 36.4. The van der Waals surface area contributed by atoms with Gasteiger partial charge in [-0.25, -0.2) is 14.2 Å². The Morgan fingerprint density at radius 2 is 2.00 bits per heavy atom. The molecule has 0 bridgehead atoms. The summed E-state index contributed by atoms with van der Waals surface area (Å²) in [5, 5.41) is 22.2. The smallest absolute Gasteiger partial charge is 0.330 e. The highest BCUT2D eigenvalue weighted by Crippen LogP contribution is 2.40. The molecule has 2 aromatic rings. The molecule has 0 unspecified atom stereocenters. The van der Waals surface area contributed by atoms with Crippen LogP contribution in [0.15, 0.2) is 18.3 Å². The molecule has 2 amide bonds. The predicted molar refractivity (Wildman–Crippen MR) is 114 cm³/mol. The number of carboxylic acid groups (broad SMARTS) is 1. The highest BCUT2D eigenvalue weighted by atomic mass is 19.1. The maximum absolute atomic E-state index is 14.9. The van der Waals surface area contributed by atoms with E-state index in [-0.39, 0.29) is 24.0 Å². The van der Waals surface area contributed by atoms with Crippen molar-refractivity contribution in [1.29, 1.82) is 0 Å². The van der Waals surface area contributed by atoms with Gasteiger partial charge in [0.05, 0.1) is 25.3 Å². The summed E-state index contributed by atoms with van der Waals surface area (Å²) in [5.41, 5.74) is 0.477. The maximum atomic E-state index is 14.9. The summed E-state index contributed by atoms with van der Waals surface area (Å²) in [6.45, 7) is 0.00264. The minimum atomic E-state index is -0.940. The van der Waals surface area contributed by atoms with Crippen molar-refractivity contribution in [3.05, 3.63) is 29.7 Å². The number of hydrogen-bond acceptors (Lipinski definition) is 7. The van der Waals surface area contributed by atoms with E-state index in [4.69, 9.17) is 4.74 Å². The SMILES string of the molecule is CNc1ncc2c(n1)N(C1CCC(C(=O)O)CC1)C(=O)N(c1cc(OC)cc(O)c1F)C2. The summed E-state index contributed by atoms with van der Waals surface area (Å²) in [5.74, 6) is -1.92. The van der Waals surface area contributed by atoms with Crippen LogP contribution in [0.25, 0.3) is 0 Å². The van der Waals surface area contributed by atoms with Gasteiger partial charge in [0.15, 0.2) is 11.6 Å². The number of phenolic OH excluding ortho intramolecular Hbond substituents is 1. The summed E-state index contributed by atoms with van der Waals surface area (Å²) < 4.78 is 20.0. The summed E-state index contributed by atoms with van der Waals surface area (Å²) in [7, 11) is 3.04. The van der Waals surface area contributed by atoms with Crippen LogP contribution in [-0.2, 0) is 11.3 Å². The van der Waals surface area contributed by atoms with Crippen LogP contribution in [-0.4, -0.2) is 52.4 Å². The van der Waals surface area contributed by atoms with E-state index in [0.717, 1.165) is 6.07 Å². The maximum Gasteiger partial charge on any atom is 0.330 e. The number of ether oxygens (including phenoxy) is 1. The lowest BCUT2D eigenvalue weighted by Crippen LogP contribution is -2.53. The number of benzene rings is 1. The van der Waals surface area contributed by atoms with Gasteiger partial charge in [0.2, 0.25) is 5.95 Å². The molecule has 4 rings (SSSR count). The lowest BCUT2D eigenvalue weighted by molar-refractivity contribution is -0.142. The van der Waals surface area contributed by atoms with Crippen LogP contribution in [0.4, 0.5) is 26.6 Å². The quantitative estimate of drug-likeness (QED) is 0.641. The molecular formula is C21H24FN5O5. The Kier molecular flexibility index (Phi) is 5.72. The zero-order valence-corrected chi connectivity index (χ0v) is 17.7. The number of rotatable bonds is 5. The van der Waals surface area contributed by atoms with E-state index in [0.29, 0.717) is 43.0 Å². The fraction of sp³-hybridized carbons (Fsp3) is 0.429. The summed E-state index contributed by atoms with van der Waals surface area (Å²) >= 11 is 0. The fourth-order valence-corrected chi connectivity index (χ4v) is 4.28. The van der Waals surface area contributed by atoms with Gasteiger partial charge in [-0.2, -0.15) is 4.98 Å².